The van der Waals surface area contributed by atoms with Crippen molar-refractivity contribution in [3.8, 4) is 10.4 Å². The number of nitrogens with one attached hydrogen (secondary N) is 2. The average molecular weight is 519 g/mol. The Balaban J connectivity index is 1.62. The van der Waals surface area contributed by atoms with Gasteiger partial charge in [-0.1, -0.05) is 40.8 Å². The van der Waals surface area contributed by atoms with Crippen LogP contribution in [0, 0.1) is 0 Å². The smallest absolute Gasteiger partial charge is 0.231 e. The van der Waals surface area contributed by atoms with Gasteiger partial charge in [0.2, 0.25) is 11.2 Å². The molecule has 5 rings (SSSR count). The molecule has 0 aliphatic heterocycles. The van der Waals surface area contributed by atoms with Crippen LogP contribution < -0.4 is 5.32 Å². The Morgan fingerprint density at radius 3 is 2.82 bits per heavy atom. The third-order valence-corrected chi connectivity index (χ3v) is 6.27. The molecule has 3 heterocycles. The first kappa shape index (κ1) is 17.8. The number of nitrogens with zero attached hydrogens (tertiary/aromatic N) is 4. The van der Waals surface area contributed by atoms with Crippen LogP contribution in [0.15, 0.2) is 48.7 Å². The molecule has 0 aliphatic rings. The second kappa shape index (κ2) is 7.26. The molecule has 28 heavy (non-hydrogen) atoms. The normalized spacial score (nSPS) is 11.4. The fraction of sp³-hybridized carbons (Fsp3) is 0.0526. The second-order valence-corrected chi connectivity index (χ2v) is 8.29. The van der Waals surface area contributed by atoms with Crippen LogP contribution in [0.3, 0.4) is 0 Å². The molecule has 6 nitrogen and oxygen atoms in total. The predicted octanol–water partition coefficient (Wildman–Crippen LogP) is 5.96. The molecule has 5 aromatic rings. The zero-order valence-electron chi connectivity index (χ0n) is 14.3. The molecule has 0 saturated carbocycles. The van der Waals surface area contributed by atoms with Crippen LogP contribution in [0.2, 0.25) is 5.28 Å². The van der Waals surface area contributed by atoms with Crippen LogP contribution >= 0.6 is 45.5 Å². The van der Waals surface area contributed by atoms with Crippen LogP contribution in [0.5, 0.6) is 0 Å². The fourth-order valence-electron chi connectivity index (χ4n) is 3.07. The number of fused-ring (bicyclic) bond motifs is 2. The first-order valence-electron chi connectivity index (χ1n) is 8.39. The molecule has 0 aliphatic carbocycles. The molecule has 0 atom stereocenters. The second-order valence-electron chi connectivity index (χ2n) is 6.11. The molecule has 0 bridgehead atoms. The molecule has 0 radical (unpaired) electrons. The molecule has 0 spiro atoms. The van der Waals surface area contributed by atoms with E-state index in [0.717, 1.165) is 22.2 Å². The molecule has 0 unspecified atom stereocenters. The number of hydrogen-bond donors (Lipinski definition) is 2. The summed E-state index contributed by atoms with van der Waals surface area (Å²) in [6.07, 6.45) is 1.81. The van der Waals surface area contributed by atoms with Gasteiger partial charge in [0.25, 0.3) is 0 Å². The van der Waals surface area contributed by atoms with Crippen LogP contribution in [-0.2, 0) is 4.43 Å². The lowest BCUT2D eigenvalue weighted by molar-refractivity contribution is 0.979. The van der Waals surface area contributed by atoms with Gasteiger partial charge in [0.15, 0.2) is 0 Å². The first-order valence-corrected chi connectivity index (χ1v) is 11.1. The van der Waals surface area contributed by atoms with Gasteiger partial charge in [-0.05, 0) is 41.3 Å². The van der Waals surface area contributed by atoms with Crippen molar-refractivity contribution >= 4 is 78.2 Å². The zero-order valence-corrected chi connectivity index (χ0v) is 18.0. The van der Waals surface area contributed by atoms with E-state index in [2.05, 4.69) is 89.5 Å². The van der Waals surface area contributed by atoms with E-state index in [1.807, 2.05) is 12.3 Å². The van der Waals surface area contributed by atoms with Gasteiger partial charge in [-0.3, -0.25) is 5.10 Å². The number of anilines is 2. The van der Waals surface area contributed by atoms with Gasteiger partial charge in [0.1, 0.15) is 5.82 Å². The average Bonchev–Trinajstić information content (AvgIpc) is 3.33. The van der Waals surface area contributed by atoms with Crippen molar-refractivity contribution in [1.82, 2.24) is 25.1 Å². The third-order valence-electron chi connectivity index (χ3n) is 4.27. The van der Waals surface area contributed by atoms with Crippen LogP contribution in [0.25, 0.3) is 31.4 Å². The lowest BCUT2D eigenvalue weighted by atomic mass is 10.1. The van der Waals surface area contributed by atoms with Crippen molar-refractivity contribution in [1.29, 1.82) is 0 Å². The van der Waals surface area contributed by atoms with E-state index >= 15 is 0 Å². The highest BCUT2D eigenvalue weighted by molar-refractivity contribution is 14.1. The highest BCUT2D eigenvalue weighted by atomic mass is 127. The maximum absolute atomic E-state index is 6.03. The van der Waals surface area contributed by atoms with Gasteiger partial charge in [-0.25, -0.2) is 4.98 Å². The quantitative estimate of drug-likeness (QED) is 0.227. The van der Waals surface area contributed by atoms with Crippen molar-refractivity contribution in [3.63, 3.8) is 0 Å². The molecule has 2 N–H and O–H groups in total. The molecule has 0 fully saturated rings. The Bertz CT molecular complexity index is 1280. The third kappa shape index (κ3) is 3.31. The van der Waals surface area contributed by atoms with Crippen LogP contribution in [-0.4, -0.2) is 25.1 Å². The number of rotatable bonds is 4. The van der Waals surface area contributed by atoms with E-state index in [9.17, 15) is 0 Å². The van der Waals surface area contributed by atoms with E-state index < -0.39 is 0 Å². The maximum Gasteiger partial charge on any atom is 0.231 e. The lowest BCUT2D eigenvalue weighted by Crippen LogP contribution is -2.02. The summed E-state index contributed by atoms with van der Waals surface area (Å²) < 4.78 is 1.90. The van der Waals surface area contributed by atoms with Crippen LogP contribution in [0.4, 0.5) is 11.6 Å². The van der Waals surface area contributed by atoms with Crippen molar-refractivity contribution < 1.29 is 0 Å². The largest absolute Gasteiger partial charge is 0.324 e. The number of aromatic nitrogens is 5. The van der Waals surface area contributed by atoms with Crippen molar-refractivity contribution in [3.05, 3.63) is 59.8 Å². The minimum atomic E-state index is 0.179. The number of halogens is 2. The van der Waals surface area contributed by atoms with E-state index in [1.165, 1.54) is 15.0 Å². The zero-order chi connectivity index (χ0) is 19.1. The Hall–Kier alpha value is -2.30. The van der Waals surface area contributed by atoms with Crippen molar-refractivity contribution in [2.45, 2.75) is 4.43 Å². The number of H-pyrrole nitrogens is 1. The van der Waals surface area contributed by atoms with E-state index in [-0.39, 0.29) is 5.28 Å². The van der Waals surface area contributed by atoms with Gasteiger partial charge >= 0.3 is 0 Å². The Labute approximate surface area is 182 Å². The molecule has 2 aromatic carbocycles. The molecular weight excluding hydrogens is 507 g/mol. The summed E-state index contributed by atoms with van der Waals surface area (Å²) in [6.45, 7) is 0. The van der Waals surface area contributed by atoms with E-state index in [0.29, 0.717) is 16.2 Å². The number of alkyl halides is 1. The summed E-state index contributed by atoms with van der Waals surface area (Å²) in [5.41, 5.74) is 2.94. The minimum absolute atomic E-state index is 0.179. The molecule has 0 amide bonds. The van der Waals surface area contributed by atoms with Gasteiger partial charge in [0, 0.05) is 26.2 Å². The highest BCUT2D eigenvalue weighted by Gasteiger charge is 2.13. The lowest BCUT2D eigenvalue weighted by Gasteiger charge is -2.09. The SMILES string of the molecule is Clc1nc(CI)nc(Nc2cc(-c3cc4ccccc4s3)c3[nH]ncc3c2)n1. The summed E-state index contributed by atoms with van der Waals surface area (Å²) in [6, 6.07) is 14.7. The minimum Gasteiger partial charge on any atom is -0.324 e. The number of thiophene rings is 1. The molecule has 0 saturated heterocycles. The standard InChI is InChI=1S/C19H12ClIN6S/c20-18-24-16(8-21)25-19(26-18)23-12-5-11-9-22-27-17(11)13(7-12)15-6-10-3-1-2-4-14(10)28-15/h1-7,9H,8H2,(H,22,27)(H,23,24,25,26). The molecular formula is C19H12ClIN6S. The number of aromatic amines is 1. The van der Waals surface area contributed by atoms with Crippen molar-refractivity contribution in [2.24, 2.45) is 0 Å². The maximum atomic E-state index is 6.03. The summed E-state index contributed by atoms with van der Waals surface area (Å²) >= 11 is 9.98. The number of hydrogen-bond acceptors (Lipinski definition) is 6. The summed E-state index contributed by atoms with van der Waals surface area (Å²) in [7, 11) is 0. The molecule has 3 aromatic heterocycles. The Morgan fingerprint density at radius 1 is 1.07 bits per heavy atom. The summed E-state index contributed by atoms with van der Waals surface area (Å²) in [5.74, 6) is 1.06. The van der Waals surface area contributed by atoms with Gasteiger partial charge < -0.3 is 5.32 Å². The van der Waals surface area contributed by atoms with Gasteiger partial charge in [-0.2, -0.15) is 15.1 Å². The highest BCUT2D eigenvalue weighted by Crippen LogP contribution is 2.38. The number of benzene rings is 2. The van der Waals surface area contributed by atoms with Gasteiger partial charge in [-0.15, -0.1) is 11.3 Å². The first-order chi connectivity index (χ1) is 13.7. The van der Waals surface area contributed by atoms with Crippen molar-refractivity contribution in [2.75, 3.05) is 5.32 Å². The van der Waals surface area contributed by atoms with Crippen LogP contribution in [0.1, 0.15) is 5.82 Å². The molecule has 9 heteroatoms. The van der Waals surface area contributed by atoms with E-state index in [4.69, 9.17) is 11.6 Å². The fourth-order valence-corrected chi connectivity index (χ4v) is 4.68. The van der Waals surface area contributed by atoms with E-state index in [1.54, 1.807) is 11.3 Å². The predicted molar refractivity (Wildman–Crippen MR) is 123 cm³/mol. The summed E-state index contributed by atoms with van der Waals surface area (Å²) in [4.78, 5) is 13.9. The Kier molecular flexibility index (Phi) is 4.61. The topological polar surface area (TPSA) is 79.4 Å². The monoisotopic (exact) mass is 518 g/mol. The summed E-state index contributed by atoms with van der Waals surface area (Å²) in [5, 5.41) is 13.0. The molecule has 138 valence electrons. The Morgan fingerprint density at radius 2 is 1.96 bits per heavy atom. The van der Waals surface area contributed by atoms with Gasteiger partial charge in [0.05, 0.1) is 16.1 Å².